The highest BCUT2D eigenvalue weighted by Crippen LogP contribution is 2.47. The number of nitriles is 1. The second-order valence-electron chi connectivity index (χ2n) is 15.2. The van der Waals surface area contributed by atoms with E-state index in [1.807, 2.05) is 84.9 Å². The predicted molar refractivity (Wildman–Crippen MR) is 181 cm³/mol. The molecule has 5 rings (SSSR count). The number of nitrogens with zero attached hydrogens (tertiary/aromatic N) is 5. The Morgan fingerprint density at radius 2 is 1.54 bits per heavy atom. The van der Waals surface area contributed by atoms with E-state index in [0.717, 1.165) is 28.7 Å². The van der Waals surface area contributed by atoms with Crippen LogP contribution in [0.4, 0.5) is 0 Å². The summed E-state index contributed by atoms with van der Waals surface area (Å²) in [6, 6.07) is 13.2. The summed E-state index contributed by atoms with van der Waals surface area (Å²) in [4.78, 5) is 41.4. The maximum absolute atomic E-state index is 13.3. The lowest BCUT2D eigenvalue weighted by Crippen LogP contribution is -2.45. The van der Waals surface area contributed by atoms with Gasteiger partial charge in [-0.25, -0.2) is 0 Å². The van der Waals surface area contributed by atoms with Gasteiger partial charge in [-0.05, 0) is 127 Å². The Balaban J connectivity index is 1.59. The van der Waals surface area contributed by atoms with Gasteiger partial charge in [0.25, 0.3) is 11.8 Å². The fourth-order valence-corrected chi connectivity index (χ4v) is 6.94. The molecule has 0 radical (unpaired) electrons. The van der Waals surface area contributed by atoms with Crippen LogP contribution in [0.25, 0.3) is 0 Å². The van der Waals surface area contributed by atoms with Crippen LogP contribution >= 0.6 is 0 Å². The molecule has 254 valence electrons. The number of H-pyrrole nitrogens is 1. The first-order chi connectivity index (χ1) is 22.6. The maximum atomic E-state index is 13.3. The number of likely N-dealkylation sites (tertiary alicyclic amines) is 1. The Morgan fingerprint density at radius 1 is 0.979 bits per heavy atom. The van der Waals surface area contributed by atoms with Crippen molar-refractivity contribution >= 4 is 17.7 Å². The van der Waals surface area contributed by atoms with Gasteiger partial charge in [0.1, 0.15) is 6.04 Å². The van der Waals surface area contributed by atoms with Crippen LogP contribution in [0, 0.1) is 11.3 Å². The molecule has 0 saturated carbocycles. The van der Waals surface area contributed by atoms with Gasteiger partial charge in [0.2, 0.25) is 5.91 Å². The molecule has 1 aliphatic carbocycles. The van der Waals surface area contributed by atoms with E-state index in [0.29, 0.717) is 49.2 Å². The minimum atomic E-state index is -0.940. The van der Waals surface area contributed by atoms with Crippen molar-refractivity contribution in [2.45, 2.75) is 109 Å². The molecule has 1 fully saturated rings. The van der Waals surface area contributed by atoms with Gasteiger partial charge in [0, 0.05) is 34.8 Å². The first-order valence-electron chi connectivity index (χ1n) is 16.7. The summed E-state index contributed by atoms with van der Waals surface area (Å²) in [5, 5.41) is 34.8. The van der Waals surface area contributed by atoms with Gasteiger partial charge in [-0.2, -0.15) is 10.5 Å². The largest absolute Gasteiger partial charge is 0.347 e. The number of hydrogen-bond acceptors (Lipinski definition) is 8. The normalized spacial score (nSPS) is 17.8. The number of hydrogen-bond donors (Lipinski definition) is 4. The van der Waals surface area contributed by atoms with E-state index >= 15 is 0 Å². The standard InChI is InChI=1S/C36H47N9O3/c1-22(38-21-30(46)45-16-8-9-27(45)20-37)19-36(33-41-43-44-42-33)28-14-12-25(31(47)39-34(2,3)4)17-23(28)10-11-24-18-26(13-15-29(24)36)32(48)40-35(5,6)7/h12-15,17-18,22,27,38H,8-11,16,19,21H2,1-7H3,(H,39,47)(H,40,48)(H,41,42,43,44)/t22-,27?/m0/s1. The number of aromatic nitrogens is 4. The molecule has 3 aromatic rings. The third kappa shape index (κ3) is 7.41. The zero-order valence-corrected chi connectivity index (χ0v) is 29.0. The minimum Gasteiger partial charge on any atom is -0.347 e. The molecule has 2 heterocycles. The van der Waals surface area contributed by atoms with E-state index in [2.05, 4.69) is 42.6 Å². The van der Waals surface area contributed by atoms with Crippen molar-refractivity contribution in [1.82, 2.24) is 41.5 Å². The Kier molecular flexibility index (Phi) is 9.74. The van der Waals surface area contributed by atoms with E-state index in [1.165, 1.54) is 0 Å². The third-order valence-electron chi connectivity index (χ3n) is 8.96. The Morgan fingerprint density at radius 3 is 2.02 bits per heavy atom. The fourth-order valence-electron chi connectivity index (χ4n) is 6.94. The molecule has 2 aliphatic rings. The van der Waals surface area contributed by atoms with Crippen LogP contribution in [0.15, 0.2) is 36.4 Å². The molecule has 1 unspecified atom stereocenters. The molecule has 0 bridgehead atoms. The molecular weight excluding hydrogens is 606 g/mol. The minimum absolute atomic E-state index is 0.0825. The first kappa shape index (κ1) is 34.7. The average Bonchev–Trinajstić information content (AvgIpc) is 3.71. The number of benzene rings is 2. The number of amides is 3. The second kappa shape index (κ2) is 13.5. The molecule has 1 aromatic heterocycles. The van der Waals surface area contributed by atoms with Crippen LogP contribution in [-0.2, 0) is 23.1 Å². The Bertz CT molecular complexity index is 1630. The van der Waals surface area contributed by atoms with E-state index in [-0.39, 0.29) is 30.3 Å². The number of carbonyl (C=O) groups excluding carboxylic acids is 3. The highest BCUT2D eigenvalue weighted by molar-refractivity contribution is 5.96. The Hall–Kier alpha value is -4.63. The fraction of sp³-hybridized carbons (Fsp3) is 0.528. The summed E-state index contributed by atoms with van der Waals surface area (Å²) in [7, 11) is 0. The van der Waals surface area contributed by atoms with Gasteiger partial charge >= 0.3 is 0 Å². The molecule has 12 nitrogen and oxygen atoms in total. The van der Waals surface area contributed by atoms with Crippen molar-refractivity contribution < 1.29 is 14.4 Å². The van der Waals surface area contributed by atoms with Crippen LogP contribution in [0.5, 0.6) is 0 Å². The second-order valence-corrected chi connectivity index (χ2v) is 15.2. The van der Waals surface area contributed by atoms with Gasteiger partial charge in [0.15, 0.2) is 5.82 Å². The van der Waals surface area contributed by atoms with Crippen LogP contribution in [0.3, 0.4) is 0 Å². The summed E-state index contributed by atoms with van der Waals surface area (Å²) >= 11 is 0. The van der Waals surface area contributed by atoms with E-state index in [1.54, 1.807) is 4.90 Å². The molecule has 1 aliphatic heterocycles. The number of aromatic amines is 1. The molecule has 3 amide bonds. The van der Waals surface area contributed by atoms with Crippen LogP contribution < -0.4 is 16.0 Å². The van der Waals surface area contributed by atoms with Crippen molar-refractivity contribution in [1.29, 1.82) is 5.26 Å². The number of carbonyl (C=O) groups is 3. The smallest absolute Gasteiger partial charge is 0.251 e. The lowest BCUT2D eigenvalue weighted by molar-refractivity contribution is -0.130. The molecular formula is C36H47N9O3. The number of fused-ring (bicyclic) bond motifs is 2. The molecule has 2 aromatic carbocycles. The number of nitrogens with one attached hydrogen (secondary N) is 4. The summed E-state index contributed by atoms with van der Waals surface area (Å²) in [5.41, 5.74) is 3.17. The van der Waals surface area contributed by atoms with Crippen molar-refractivity contribution in [2.75, 3.05) is 13.1 Å². The lowest BCUT2D eigenvalue weighted by Gasteiger charge is -2.36. The lowest BCUT2D eigenvalue weighted by atomic mass is 9.67. The molecule has 2 atom stereocenters. The van der Waals surface area contributed by atoms with Gasteiger partial charge in [-0.1, -0.05) is 17.3 Å². The Labute approximate surface area is 282 Å². The van der Waals surface area contributed by atoms with Crippen LogP contribution in [0.1, 0.15) is 117 Å². The highest BCUT2D eigenvalue weighted by Gasteiger charge is 2.46. The molecule has 4 N–H and O–H groups in total. The van der Waals surface area contributed by atoms with Gasteiger partial charge < -0.3 is 20.9 Å². The van der Waals surface area contributed by atoms with Crippen molar-refractivity contribution in [2.24, 2.45) is 0 Å². The number of rotatable bonds is 8. The quantitative estimate of drug-likeness (QED) is 0.286. The topological polar surface area (TPSA) is 169 Å². The molecule has 1 saturated heterocycles. The van der Waals surface area contributed by atoms with Gasteiger partial charge in [-0.3, -0.25) is 14.4 Å². The third-order valence-corrected chi connectivity index (χ3v) is 8.96. The molecule has 12 heteroatoms. The number of aryl methyl sites for hydroxylation is 2. The van der Waals surface area contributed by atoms with Gasteiger partial charge in [-0.15, -0.1) is 10.2 Å². The summed E-state index contributed by atoms with van der Waals surface area (Å²) in [6.45, 7) is 14.4. The maximum Gasteiger partial charge on any atom is 0.251 e. The van der Waals surface area contributed by atoms with Crippen LogP contribution in [0.2, 0.25) is 0 Å². The molecule has 0 spiro atoms. The SMILES string of the molecule is C[C@@H](CC1(c2nn[nH]n2)c2ccc(C(=O)NC(C)(C)C)cc2CCc2cc(C(=O)NC(C)(C)C)ccc21)NCC(=O)N1CCCC1C#N. The zero-order valence-electron chi connectivity index (χ0n) is 29.0. The van der Waals surface area contributed by atoms with E-state index < -0.39 is 22.5 Å². The number of tetrazole rings is 1. The van der Waals surface area contributed by atoms with Gasteiger partial charge in [0.05, 0.1) is 18.0 Å². The summed E-state index contributed by atoms with van der Waals surface area (Å²) in [6.07, 6.45) is 3.20. The predicted octanol–water partition coefficient (Wildman–Crippen LogP) is 3.57. The highest BCUT2D eigenvalue weighted by atomic mass is 16.2. The zero-order chi connectivity index (χ0) is 34.9. The summed E-state index contributed by atoms with van der Waals surface area (Å²) < 4.78 is 0. The summed E-state index contributed by atoms with van der Waals surface area (Å²) in [5.74, 6) is 0.0221. The van der Waals surface area contributed by atoms with Crippen LogP contribution in [-0.4, -0.2) is 79.5 Å². The monoisotopic (exact) mass is 653 g/mol. The average molecular weight is 654 g/mol. The van der Waals surface area contributed by atoms with E-state index in [4.69, 9.17) is 0 Å². The van der Waals surface area contributed by atoms with Crippen molar-refractivity contribution in [3.8, 4) is 6.07 Å². The molecule has 48 heavy (non-hydrogen) atoms. The van der Waals surface area contributed by atoms with Crippen molar-refractivity contribution in [3.63, 3.8) is 0 Å². The van der Waals surface area contributed by atoms with Crippen molar-refractivity contribution in [3.05, 3.63) is 75.6 Å². The first-order valence-corrected chi connectivity index (χ1v) is 16.7. The van der Waals surface area contributed by atoms with E-state index in [9.17, 15) is 19.6 Å².